The zero-order valence-electron chi connectivity index (χ0n) is 13.6. The highest BCUT2D eigenvalue weighted by Gasteiger charge is 2.36. The first-order valence-corrected chi connectivity index (χ1v) is 7.58. The summed E-state index contributed by atoms with van der Waals surface area (Å²) in [5.74, 6) is -0.216. The summed E-state index contributed by atoms with van der Waals surface area (Å²) in [6, 6.07) is 5.48. The quantitative estimate of drug-likeness (QED) is 0.836. The Morgan fingerprint density at radius 3 is 2.84 bits per heavy atom. The van der Waals surface area contributed by atoms with Gasteiger partial charge in [0.1, 0.15) is 18.1 Å². The minimum Gasteiger partial charge on any atom is -0.466 e. The Bertz CT molecular complexity index is 819. The molecule has 1 unspecified atom stereocenters. The van der Waals surface area contributed by atoms with Crippen molar-refractivity contribution in [3.8, 4) is 5.75 Å². The van der Waals surface area contributed by atoms with Crippen molar-refractivity contribution in [2.24, 2.45) is 0 Å². The van der Waals surface area contributed by atoms with Crippen LogP contribution in [-0.4, -0.2) is 34.5 Å². The van der Waals surface area contributed by atoms with Crippen molar-refractivity contribution in [1.29, 1.82) is 0 Å². The fourth-order valence-electron chi connectivity index (χ4n) is 2.84. The summed E-state index contributed by atoms with van der Waals surface area (Å²) >= 11 is 0. The van der Waals surface area contributed by atoms with Crippen LogP contribution in [0.2, 0.25) is 0 Å². The second-order valence-electron chi connectivity index (χ2n) is 5.21. The minimum atomic E-state index is -2.99. The number of allylic oxidation sites excluding steroid dienone is 1. The lowest BCUT2D eigenvalue weighted by Gasteiger charge is -2.29. The number of halogens is 2. The lowest BCUT2D eigenvalue weighted by Crippen LogP contribution is -2.30. The molecule has 0 radical (unpaired) electrons. The van der Waals surface area contributed by atoms with Crippen LogP contribution in [0.4, 0.5) is 14.7 Å². The molecule has 0 saturated heterocycles. The maximum atomic E-state index is 12.8. The topological polar surface area (TPSA) is 78.3 Å². The molecule has 1 aromatic heterocycles. The molecule has 1 N–H and O–H groups in total. The van der Waals surface area contributed by atoms with Gasteiger partial charge < -0.3 is 14.8 Å². The van der Waals surface area contributed by atoms with E-state index in [-0.39, 0.29) is 11.3 Å². The fourth-order valence-corrected chi connectivity index (χ4v) is 2.84. The largest absolute Gasteiger partial charge is 0.466 e. The van der Waals surface area contributed by atoms with Crippen LogP contribution in [-0.2, 0) is 9.53 Å². The van der Waals surface area contributed by atoms with E-state index in [0.29, 0.717) is 23.6 Å². The number of hydrogen-bond acceptors (Lipinski definition) is 6. The van der Waals surface area contributed by atoms with Crippen LogP contribution in [0.25, 0.3) is 0 Å². The van der Waals surface area contributed by atoms with Gasteiger partial charge in [-0.2, -0.15) is 18.9 Å². The maximum Gasteiger partial charge on any atom is 0.387 e. The smallest absolute Gasteiger partial charge is 0.387 e. The van der Waals surface area contributed by atoms with Gasteiger partial charge in [0.15, 0.2) is 0 Å². The predicted molar refractivity (Wildman–Crippen MR) is 84.2 cm³/mol. The number of anilines is 1. The number of para-hydroxylation sites is 1. The van der Waals surface area contributed by atoms with E-state index in [1.54, 1.807) is 18.2 Å². The third-order valence-corrected chi connectivity index (χ3v) is 3.87. The molecule has 9 heteroatoms. The van der Waals surface area contributed by atoms with E-state index in [0.717, 1.165) is 0 Å². The first-order chi connectivity index (χ1) is 12.1. The van der Waals surface area contributed by atoms with Crippen molar-refractivity contribution in [3.05, 3.63) is 47.4 Å². The summed E-state index contributed by atoms with van der Waals surface area (Å²) < 4.78 is 36.6. The highest BCUT2D eigenvalue weighted by molar-refractivity contribution is 5.92. The number of methoxy groups -OCH3 is 1. The Labute approximate surface area is 142 Å². The molecule has 132 valence electrons. The third-order valence-electron chi connectivity index (χ3n) is 3.87. The summed E-state index contributed by atoms with van der Waals surface area (Å²) in [6.45, 7) is -1.13. The van der Waals surface area contributed by atoms with Gasteiger partial charge >= 0.3 is 12.6 Å². The van der Waals surface area contributed by atoms with Gasteiger partial charge in [0.05, 0.1) is 12.7 Å². The van der Waals surface area contributed by atoms with E-state index in [9.17, 15) is 13.6 Å². The molecule has 0 aliphatic carbocycles. The molecule has 0 fully saturated rings. The molecule has 1 atom stereocenters. The molecular formula is C16H16F2N4O3. The Kier molecular flexibility index (Phi) is 4.64. The highest BCUT2D eigenvalue weighted by atomic mass is 19.3. The molecule has 0 bridgehead atoms. The Balaban J connectivity index is 2.21. The maximum absolute atomic E-state index is 12.8. The molecule has 1 aliphatic rings. The lowest BCUT2D eigenvalue weighted by molar-refractivity contribution is -0.136. The van der Waals surface area contributed by atoms with Crippen LogP contribution in [0.5, 0.6) is 5.75 Å². The summed E-state index contributed by atoms with van der Waals surface area (Å²) in [7, 11) is 1.26. The van der Waals surface area contributed by atoms with E-state index in [1.165, 1.54) is 24.2 Å². The number of carbonyl (C=O) groups is 1. The molecule has 0 amide bonds. The molecule has 3 rings (SSSR count). The first-order valence-electron chi connectivity index (χ1n) is 7.58. The molecule has 7 nitrogen and oxygen atoms in total. The van der Waals surface area contributed by atoms with Gasteiger partial charge in [-0.15, -0.1) is 0 Å². The molecular weight excluding hydrogens is 334 g/mol. The summed E-state index contributed by atoms with van der Waals surface area (Å²) in [5, 5.41) is 7.16. The molecule has 1 aromatic carbocycles. The number of aromatic nitrogens is 3. The minimum absolute atomic E-state index is 0.0392. The van der Waals surface area contributed by atoms with E-state index in [2.05, 4.69) is 20.1 Å². The zero-order valence-corrected chi connectivity index (χ0v) is 13.6. The monoisotopic (exact) mass is 350 g/mol. The molecule has 1 aliphatic heterocycles. The van der Waals surface area contributed by atoms with Gasteiger partial charge in [0.2, 0.25) is 5.95 Å². The Hall–Kier alpha value is -2.97. The number of benzene rings is 1. The summed E-state index contributed by atoms with van der Waals surface area (Å²) in [6.07, 6.45) is 1.81. The SMILES string of the molecule is CCC1=C(C(=O)OC)C(c2ccccc2OC(F)F)n2ncnc2N1. The molecule has 25 heavy (non-hydrogen) atoms. The van der Waals surface area contributed by atoms with Crippen molar-refractivity contribution in [2.45, 2.75) is 26.0 Å². The second-order valence-corrected chi connectivity index (χ2v) is 5.21. The molecule has 2 aromatic rings. The van der Waals surface area contributed by atoms with Crippen LogP contribution < -0.4 is 10.1 Å². The van der Waals surface area contributed by atoms with Gasteiger partial charge in [-0.1, -0.05) is 25.1 Å². The van der Waals surface area contributed by atoms with Gasteiger partial charge in [0, 0.05) is 11.3 Å². The van der Waals surface area contributed by atoms with E-state index in [1.807, 2.05) is 6.92 Å². The third kappa shape index (κ3) is 3.04. The Morgan fingerprint density at radius 1 is 1.40 bits per heavy atom. The fraction of sp³-hybridized carbons (Fsp3) is 0.312. The normalized spacial score (nSPS) is 16.4. The number of carbonyl (C=O) groups excluding carboxylic acids is 1. The van der Waals surface area contributed by atoms with Gasteiger partial charge in [-0.05, 0) is 12.5 Å². The number of ether oxygens (including phenoxy) is 2. The zero-order chi connectivity index (χ0) is 18.0. The van der Waals surface area contributed by atoms with Crippen LogP contribution in [0.3, 0.4) is 0 Å². The number of alkyl halides is 2. The molecule has 2 heterocycles. The predicted octanol–water partition coefficient (Wildman–Crippen LogP) is 2.73. The van der Waals surface area contributed by atoms with E-state index in [4.69, 9.17) is 4.74 Å². The van der Waals surface area contributed by atoms with Crippen molar-refractivity contribution in [1.82, 2.24) is 14.8 Å². The number of nitrogens with zero attached hydrogens (tertiary/aromatic N) is 3. The Morgan fingerprint density at radius 2 is 2.16 bits per heavy atom. The number of hydrogen-bond donors (Lipinski definition) is 1. The average Bonchev–Trinajstić information content (AvgIpc) is 3.07. The van der Waals surface area contributed by atoms with Crippen molar-refractivity contribution >= 4 is 11.9 Å². The van der Waals surface area contributed by atoms with Crippen molar-refractivity contribution < 1.29 is 23.0 Å². The van der Waals surface area contributed by atoms with E-state index >= 15 is 0 Å². The highest BCUT2D eigenvalue weighted by Crippen LogP contribution is 2.40. The number of rotatable bonds is 5. The van der Waals surface area contributed by atoms with Crippen molar-refractivity contribution in [2.75, 3.05) is 12.4 Å². The van der Waals surface area contributed by atoms with Gasteiger partial charge in [0.25, 0.3) is 0 Å². The average molecular weight is 350 g/mol. The number of fused-ring (bicyclic) bond motifs is 1. The summed E-state index contributed by atoms with van der Waals surface area (Å²) in [4.78, 5) is 16.5. The second kappa shape index (κ2) is 6.88. The van der Waals surface area contributed by atoms with Crippen LogP contribution in [0, 0.1) is 0 Å². The first kappa shape index (κ1) is 16.9. The summed E-state index contributed by atoms with van der Waals surface area (Å²) in [5.41, 5.74) is 1.22. The van der Waals surface area contributed by atoms with Crippen LogP contribution >= 0.6 is 0 Å². The van der Waals surface area contributed by atoms with Crippen LogP contribution in [0.1, 0.15) is 24.9 Å². The molecule has 0 spiro atoms. The molecule has 0 saturated carbocycles. The van der Waals surface area contributed by atoms with Gasteiger partial charge in [-0.25, -0.2) is 9.48 Å². The van der Waals surface area contributed by atoms with Crippen molar-refractivity contribution in [3.63, 3.8) is 0 Å². The number of esters is 1. The van der Waals surface area contributed by atoms with E-state index < -0.39 is 18.6 Å². The number of nitrogens with one attached hydrogen (secondary N) is 1. The van der Waals surface area contributed by atoms with Crippen LogP contribution in [0.15, 0.2) is 41.9 Å². The standard InChI is InChI=1S/C16H16F2N4O3/c1-3-10-12(14(23)24-2)13(22-16(21-10)19-8-20-22)9-6-4-5-7-11(9)25-15(17)18/h4-8,13,15H,3H2,1-2H3,(H,19,20,21). The lowest BCUT2D eigenvalue weighted by atomic mass is 9.94. The van der Waals surface area contributed by atoms with Gasteiger partial charge in [-0.3, -0.25) is 0 Å².